The van der Waals surface area contributed by atoms with Crippen LogP contribution in [0.2, 0.25) is 0 Å². The Kier molecular flexibility index (Phi) is 2.30. The third kappa shape index (κ3) is 1.57. The topological polar surface area (TPSA) is 33.6 Å². The van der Waals surface area contributed by atoms with Gasteiger partial charge in [-0.15, -0.1) is 0 Å². The number of pyridine rings is 1. The summed E-state index contributed by atoms with van der Waals surface area (Å²) in [5.41, 5.74) is 4.32. The van der Waals surface area contributed by atoms with Crippen molar-refractivity contribution < 1.29 is 0 Å². The lowest BCUT2D eigenvalue weighted by atomic mass is 10.2. The standard InChI is InChI=1S/C13H11N3S/c1-9-4-2-3-5-11(9)16-12-6-7-14-8-10(12)15-13(16)17/h2-8H,1H3,(H,15,17). The number of nitrogens with one attached hydrogen (secondary N) is 1. The molecule has 0 aliphatic heterocycles. The summed E-state index contributed by atoms with van der Waals surface area (Å²) >= 11 is 5.37. The van der Waals surface area contributed by atoms with E-state index in [1.54, 1.807) is 12.4 Å². The van der Waals surface area contributed by atoms with Crippen LogP contribution in [0.15, 0.2) is 42.7 Å². The number of aryl methyl sites for hydroxylation is 1. The molecular formula is C13H11N3S. The van der Waals surface area contributed by atoms with Gasteiger partial charge in [-0.25, -0.2) is 0 Å². The molecule has 0 fully saturated rings. The molecule has 0 radical (unpaired) electrons. The second kappa shape index (κ2) is 3.82. The van der Waals surface area contributed by atoms with Crippen molar-refractivity contribution in [2.45, 2.75) is 6.92 Å². The molecule has 0 bridgehead atoms. The van der Waals surface area contributed by atoms with Crippen molar-refractivity contribution in [3.05, 3.63) is 53.1 Å². The fraction of sp³-hybridized carbons (Fsp3) is 0.0769. The van der Waals surface area contributed by atoms with Crippen molar-refractivity contribution in [1.29, 1.82) is 0 Å². The number of H-pyrrole nitrogens is 1. The van der Waals surface area contributed by atoms with Crippen LogP contribution in [0.4, 0.5) is 0 Å². The van der Waals surface area contributed by atoms with E-state index in [-0.39, 0.29) is 0 Å². The Morgan fingerprint density at radius 2 is 2.06 bits per heavy atom. The highest BCUT2D eigenvalue weighted by Crippen LogP contribution is 2.20. The molecule has 0 unspecified atom stereocenters. The molecule has 2 aromatic heterocycles. The zero-order chi connectivity index (χ0) is 11.8. The van der Waals surface area contributed by atoms with Crippen molar-refractivity contribution in [2.24, 2.45) is 0 Å². The summed E-state index contributed by atoms with van der Waals surface area (Å²) in [5, 5.41) is 0. The minimum atomic E-state index is 0.697. The van der Waals surface area contributed by atoms with Gasteiger partial charge in [0.05, 0.1) is 22.9 Å². The largest absolute Gasteiger partial charge is 0.329 e. The van der Waals surface area contributed by atoms with E-state index < -0.39 is 0 Å². The van der Waals surface area contributed by atoms with Crippen LogP contribution in [-0.2, 0) is 0 Å². The lowest BCUT2D eigenvalue weighted by Crippen LogP contribution is -1.96. The molecule has 0 aliphatic rings. The molecule has 0 aliphatic carbocycles. The molecule has 0 saturated carbocycles. The number of hydrogen-bond donors (Lipinski definition) is 1. The van der Waals surface area contributed by atoms with E-state index in [2.05, 4.69) is 29.0 Å². The summed E-state index contributed by atoms with van der Waals surface area (Å²) in [4.78, 5) is 7.26. The maximum Gasteiger partial charge on any atom is 0.182 e. The Labute approximate surface area is 104 Å². The molecule has 84 valence electrons. The van der Waals surface area contributed by atoms with Gasteiger partial charge in [-0.2, -0.15) is 0 Å². The third-order valence-electron chi connectivity index (χ3n) is 2.84. The molecule has 0 spiro atoms. The second-order valence-corrected chi connectivity index (χ2v) is 4.33. The van der Waals surface area contributed by atoms with Crippen LogP contribution in [0.1, 0.15) is 5.56 Å². The van der Waals surface area contributed by atoms with E-state index in [1.807, 2.05) is 22.8 Å². The van der Waals surface area contributed by atoms with Gasteiger partial charge in [0.15, 0.2) is 4.77 Å². The van der Waals surface area contributed by atoms with E-state index in [9.17, 15) is 0 Å². The van der Waals surface area contributed by atoms with Gasteiger partial charge in [0.25, 0.3) is 0 Å². The van der Waals surface area contributed by atoms with Crippen LogP contribution >= 0.6 is 12.2 Å². The molecular weight excluding hydrogens is 230 g/mol. The Hall–Kier alpha value is -1.94. The number of hydrogen-bond acceptors (Lipinski definition) is 2. The zero-order valence-corrected chi connectivity index (χ0v) is 10.2. The molecule has 1 N–H and O–H groups in total. The average Bonchev–Trinajstić information content (AvgIpc) is 2.66. The number of aromatic amines is 1. The summed E-state index contributed by atoms with van der Waals surface area (Å²) in [5.74, 6) is 0. The highest BCUT2D eigenvalue weighted by Gasteiger charge is 2.07. The van der Waals surface area contributed by atoms with Crippen molar-refractivity contribution in [3.8, 4) is 5.69 Å². The fourth-order valence-corrected chi connectivity index (χ4v) is 2.32. The van der Waals surface area contributed by atoms with E-state index in [1.165, 1.54) is 5.56 Å². The van der Waals surface area contributed by atoms with Crippen LogP contribution in [0.3, 0.4) is 0 Å². The number of benzene rings is 1. The molecule has 0 amide bonds. The van der Waals surface area contributed by atoms with E-state index >= 15 is 0 Å². The van der Waals surface area contributed by atoms with Crippen LogP contribution in [0.5, 0.6) is 0 Å². The first kappa shape index (κ1) is 10.2. The van der Waals surface area contributed by atoms with Crippen LogP contribution < -0.4 is 0 Å². The second-order valence-electron chi connectivity index (χ2n) is 3.94. The average molecular weight is 241 g/mol. The van der Waals surface area contributed by atoms with Crippen molar-refractivity contribution in [1.82, 2.24) is 14.5 Å². The van der Waals surface area contributed by atoms with Crippen LogP contribution in [0.25, 0.3) is 16.7 Å². The number of fused-ring (bicyclic) bond motifs is 1. The predicted octanol–water partition coefficient (Wildman–Crippen LogP) is 3.39. The number of nitrogens with zero attached hydrogens (tertiary/aromatic N) is 2. The molecule has 0 atom stereocenters. The maximum atomic E-state index is 5.37. The van der Waals surface area contributed by atoms with E-state index in [0.29, 0.717) is 4.77 Å². The first-order valence-electron chi connectivity index (χ1n) is 5.38. The van der Waals surface area contributed by atoms with Gasteiger partial charge in [-0.05, 0) is 36.8 Å². The van der Waals surface area contributed by atoms with Gasteiger partial charge in [0, 0.05) is 6.20 Å². The van der Waals surface area contributed by atoms with Crippen molar-refractivity contribution >= 4 is 23.3 Å². The minimum absolute atomic E-state index is 0.697. The predicted molar refractivity (Wildman–Crippen MR) is 71.0 cm³/mol. The number of rotatable bonds is 1. The van der Waals surface area contributed by atoms with Gasteiger partial charge < -0.3 is 4.98 Å². The van der Waals surface area contributed by atoms with Gasteiger partial charge in [0.1, 0.15) is 0 Å². The monoisotopic (exact) mass is 241 g/mol. The molecule has 17 heavy (non-hydrogen) atoms. The molecule has 0 saturated heterocycles. The molecule has 4 heteroatoms. The summed E-state index contributed by atoms with van der Waals surface area (Å²) in [6.07, 6.45) is 3.57. The van der Waals surface area contributed by atoms with Gasteiger partial charge >= 0.3 is 0 Å². The normalized spacial score (nSPS) is 10.9. The van der Waals surface area contributed by atoms with Gasteiger partial charge in [-0.1, -0.05) is 18.2 Å². The minimum Gasteiger partial charge on any atom is -0.329 e. The lowest BCUT2D eigenvalue weighted by molar-refractivity contribution is 1.05. The molecule has 2 heterocycles. The number of para-hydroxylation sites is 1. The number of aromatic nitrogens is 3. The summed E-state index contributed by atoms with van der Waals surface area (Å²) < 4.78 is 2.74. The van der Waals surface area contributed by atoms with Crippen LogP contribution in [-0.4, -0.2) is 14.5 Å². The SMILES string of the molecule is Cc1ccccc1-n1c(=S)[nH]c2cnccc21. The fourth-order valence-electron chi connectivity index (χ4n) is 2.01. The van der Waals surface area contributed by atoms with Gasteiger partial charge in [0.2, 0.25) is 0 Å². The highest BCUT2D eigenvalue weighted by atomic mass is 32.1. The maximum absolute atomic E-state index is 5.37. The Bertz CT molecular complexity index is 740. The third-order valence-corrected chi connectivity index (χ3v) is 3.12. The Balaban J connectivity index is 2.42. The molecule has 3 aromatic rings. The first-order chi connectivity index (χ1) is 8.27. The smallest absolute Gasteiger partial charge is 0.182 e. The summed E-state index contributed by atoms with van der Waals surface area (Å²) in [7, 11) is 0. The molecule has 1 aromatic carbocycles. The summed E-state index contributed by atoms with van der Waals surface area (Å²) in [6.45, 7) is 2.08. The lowest BCUT2D eigenvalue weighted by Gasteiger charge is -2.07. The quantitative estimate of drug-likeness (QED) is 0.662. The van der Waals surface area contributed by atoms with Crippen LogP contribution in [0, 0.1) is 11.7 Å². The van der Waals surface area contributed by atoms with Crippen molar-refractivity contribution in [2.75, 3.05) is 0 Å². The summed E-state index contributed by atoms with van der Waals surface area (Å²) in [6, 6.07) is 10.2. The molecule has 3 rings (SSSR count). The van der Waals surface area contributed by atoms with Gasteiger partial charge in [-0.3, -0.25) is 9.55 Å². The first-order valence-corrected chi connectivity index (χ1v) is 5.79. The zero-order valence-electron chi connectivity index (χ0n) is 9.34. The van der Waals surface area contributed by atoms with E-state index in [4.69, 9.17) is 12.2 Å². The Morgan fingerprint density at radius 3 is 2.88 bits per heavy atom. The van der Waals surface area contributed by atoms with Crippen molar-refractivity contribution in [3.63, 3.8) is 0 Å². The molecule has 3 nitrogen and oxygen atoms in total. The van der Waals surface area contributed by atoms with E-state index in [0.717, 1.165) is 16.7 Å². The number of imidazole rings is 1. The highest BCUT2D eigenvalue weighted by molar-refractivity contribution is 7.71. The Morgan fingerprint density at radius 1 is 1.24 bits per heavy atom.